The van der Waals surface area contributed by atoms with Crippen LogP contribution >= 0.6 is 0 Å². The largest absolute Gasteiger partial charge is 0.462 e. The number of carbonyl (C=O) groups is 1. The van der Waals surface area contributed by atoms with Crippen LogP contribution in [0.4, 0.5) is 0 Å². The van der Waals surface area contributed by atoms with Gasteiger partial charge in [0.2, 0.25) is 0 Å². The first-order chi connectivity index (χ1) is 5.95. The molecule has 0 amide bonds. The van der Waals surface area contributed by atoms with Crippen LogP contribution in [0.15, 0.2) is 0 Å². The van der Waals surface area contributed by atoms with Crippen molar-refractivity contribution in [3.63, 3.8) is 0 Å². The van der Waals surface area contributed by atoms with Crippen LogP contribution in [0.3, 0.4) is 0 Å². The van der Waals surface area contributed by atoms with Gasteiger partial charge in [0.25, 0.3) is 0 Å². The van der Waals surface area contributed by atoms with Crippen LogP contribution in [-0.2, 0) is 14.6 Å². The minimum absolute atomic E-state index is 0.0298. The summed E-state index contributed by atoms with van der Waals surface area (Å²) in [5.74, 6) is -0.252. The summed E-state index contributed by atoms with van der Waals surface area (Å²) in [6, 6.07) is 0. The quantitative estimate of drug-likeness (QED) is 0.473. The Morgan fingerprint density at radius 3 is 2.38 bits per heavy atom. The fourth-order valence-electron chi connectivity index (χ4n) is 0.846. The van der Waals surface area contributed by atoms with Gasteiger partial charge < -0.3 is 4.74 Å². The molecular weight excluding hydrogens is 168 g/mol. The van der Waals surface area contributed by atoms with Gasteiger partial charge in [-0.15, -0.1) is 0 Å². The van der Waals surface area contributed by atoms with Gasteiger partial charge in [-0.25, -0.2) is 5.11 Å². The zero-order valence-electron chi connectivity index (χ0n) is 8.76. The van der Waals surface area contributed by atoms with Crippen LogP contribution in [0, 0.1) is 0 Å². The average molecular weight is 187 g/mol. The lowest BCUT2D eigenvalue weighted by Gasteiger charge is -2.13. The molecule has 0 aromatic carbocycles. The summed E-state index contributed by atoms with van der Waals surface area (Å²) in [7, 11) is 0. The number of carbonyl (C=O) groups excluding carboxylic acids is 1. The minimum atomic E-state index is -1.17. The lowest BCUT2D eigenvalue weighted by Crippen LogP contribution is -2.26. The molecular formula is C10H19O3. The molecule has 0 spiro atoms. The van der Waals surface area contributed by atoms with Crippen LogP contribution in [0.1, 0.15) is 46.5 Å². The molecule has 13 heavy (non-hydrogen) atoms. The molecule has 0 saturated carbocycles. The van der Waals surface area contributed by atoms with Crippen LogP contribution in [0.5, 0.6) is 0 Å². The zero-order valence-corrected chi connectivity index (χ0v) is 8.76. The molecule has 0 fully saturated rings. The van der Waals surface area contributed by atoms with Crippen LogP contribution < -0.4 is 0 Å². The van der Waals surface area contributed by atoms with Crippen LogP contribution in [-0.4, -0.2) is 18.2 Å². The molecule has 1 radical (unpaired) electrons. The first-order valence-electron chi connectivity index (χ1n) is 4.82. The van der Waals surface area contributed by atoms with E-state index in [9.17, 15) is 9.90 Å². The molecule has 0 aliphatic carbocycles. The summed E-state index contributed by atoms with van der Waals surface area (Å²) in [6.07, 6.45) is 3.41. The predicted octanol–water partition coefficient (Wildman–Crippen LogP) is 2.32. The third-order valence-electron chi connectivity index (χ3n) is 1.57. The van der Waals surface area contributed by atoms with E-state index >= 15 is 0 Å². The molecule has 0 N–H and O–H groups in total. The lowest BCUT2D eigenvalue weighted by molar-refractivity contribution is -0.153. The van der Waals surface area contributed by atoms with Gasteiger partial charge in [-0.3, -0.25) is 4.79 Å². The van der Waals surface area contributed by atoms with E-state index in [2.05, 4.69) is 6.92 Å². The average Bonchev–Trinajstić information content (AvgIpc) is 2.00. The predicted molar refractivity (Wildman–Crippen MR) is 49.9 cm³/mol. The Balaban J connectivity index is 3.41. The van der Waals surface area contributed by atoms with E-state index in [4.69, 9.17) is 4.74 Å². The van der Waals surface area contributed by atoms with Crippen LogP contribution in [0.25, 0.3) is 0 Å². The van der Waals surface area contributed by atoms with Gasteiger partial charge in [0.1, 0.15) is 12.2 Å². The summed E-state index contributed by atoms with van der Waals surface area (Å²) < 4.78 is 4.80. The van der Waals surface area contributed by atoms with E-state index < -0.39 is 5.60 Å². The van der Waals surface area contributed by atoms with Crippen molar-refractivity contribution in [2.75, 3.05) is 6.61 Å². The smallest absolute Gasteiger partial charge is 0.305 e. The molecule has 0 aromatic heterocycles. The maximum absolute atomic E-state index is 11.1. The topological polar surface area (TPSA) is 46.2 Å². The molecule has 3 nitrogen and oxygen atoms in total. The van der Waals surface area contributed by atoms with E-state index in [0.29, 0.717) is 6.42 Å². The molecule has 0 saturated heterocycles. The van der Waals surface area contributed by atoms with E-state index in [1.807, 2.05) is 0 Å². The molecule has 0 bridgehead atoms. The number of ether oxygens (including phenoxy) is 1. The summed E-state index contributed by atoms with van der Waals surface area (Å²) >= 11 is 0. The minimum Gasteiger partial charge on any atom is -0.462 e. The second-order valence-electron chi connectivity index (χ2n) is 3.88. The van der Waals surface area contributed by atoms with Crippen molar-refractivity contribution < 1.29 is 14.6 Å². The standard InChI is InChI=1S/C10H19O3/c1-4-5-6-7-9(11)13-8-10(2,3)12/h4-8H2,1-3H3. The molecule has 0 unspecified atom stereocenters. The maximum atomic E-state index is 11.1. The Bertz CT molecular complexity index is 147. The SMILES string of the molecule is CCCCCC(=O)OCC(C)(C)[O]. The number of hydrogen-bond acceptors (Lipinski definition) is 2. The maximum Gasteiger partial charge on any atom is 0.305 e. The summed E-state index contributed by atoms with van der Waals surface area (Å²) in [5.41, 5.74) is -1.17. The number of unbranched alkanes of at least 4 members (excludes halogenated alkanes) is 2. The van der Waals surface area contributed by atoms with Gasteiger partial charge >= 0.3 is 5.97 Å². The Labute approximate surface area is 80.1 Å². The highest BCUT2D eigenvalue weighted by Gasteiger charge is 2.17. The van der Waals surface area contributed by atoms with E-state index in [0.717, 1.165) is 19.3 Å². The number of hydrogen-bond donors (Lipinski definition) is 0. The molecule has 0 heterocycles. The first-order valence-corrected chi connectivity index (χ1v) is 4.82. The Hall–Kier alpha value is -0.570. The number of esters is 1. The number of rotatable bonds is 6. The first kappa shape index (κ1) is 12.4. The highest BCUT2D eigenvalue weighted by atomic mass is 16.5. The molecule has 77 valence electrons. The molecule has 0 aromatic rings. The third-order valence-corrected chi connectivity index (χ3v) is 1.57. The fourth-order valence-corrected chi connectivity index (χ4v) is 0.846. The lowest BCUT2D eigenvalue weighted by atomic mass is 10.1. The molecule has 0 rings (SSSR count). The Morgan fingerprint density at radius 1 is 1.31 bits per heavy atom. The van der Waals surface area contributed by atoms with Crippen molar-refractivity contribution in [2.45, 2.75) is 52.1 Å². The van der Waals surface area contributed by atoms with Crippen molar-refractivity contribution in [3.8, 4) is 0 Å². The molecule has 0 aliphatic rings. The Kier molecular flexibility index (Phi) is 5.71. The van der Waals surface area contributed by atoms with Crippen molar-refractivity contribution in [3.05, 3.63) is 0 Å². The highest BCUT2D eigenvalue weighted by Crippen LogP contribution is 2.05. The van der Waals surface area contributed by atoms with Crippen molar-refractivity contribution in [1.82, 2.24) is 0 Å². The van der Waals surface area contributed by atoms with Crippen LogP contribution in [0.2, 0.25) is 0 Å². The monoisotopic (exact) mass is 187 g/mol. The summed E-state index contributed by atoms with van der Waals surface area (Å²) in [4.78, 5) is 11.0. The van der Waals surface area contributed by atoms with Gasteiger partial charge in [-0.05, 0) is 20.3 Å². The molecule has 0 aliphatic heterocycles. The van der Waals surface area contributed by atoms with Gasteiger partial charge in [0.05, 0.1) is 0 Å². The Morgan fingerprint density at radius 2 is 1.92 bits per heavy atom. The van der Waals surface area contributed by atoms with E-state index in [1.54, 1.807) is 0 Å². The van der Waals surface area contributed by atoms with Crippen molar-refractivity contribution in [1.29, 1.82) is 0 Å². The highest BCUT2D eigenvalue weighted by molar-refractivity contribution is 5.69. The second-order valence-corrected chi connectivity index (χ2v) is 3.88. The molecule has 3 heteroatoms. The van der Waals surface area contributed by atoms with Crippen molar-refractivity contribution in [2.24, 2.45) is 0 Å². The third kappa shape index (κ3) is 9.34. The second kappa shape index (κ2) is 5.97. The van der Waals surface area contributed by atoms with E-state index in [1.165, 1.54) is 13.8 Å². The van der Waals surface area contributed by atoms with Gasteiger partial charge in [0, 0.05) is 6.42 Å². The fraction of sp³-hybridized carbons (Fsp3) is 0.900. The van der Waals surface area contributed by atoms with E-state index in [-0.39, 0.29) is 12.6 Å². The van der Waals surface area contributed by atoms with Gasteiger partial charge in [0.15, 0.2) is 0 Å². The van der Waals surface area contributed by atoms with Crippen molar-refractivity contribution >= 4 is 5.97 Å². The van der Waals surface area contributed by atoms with Gasteiger partial charge in [-0.1, -0.05) is 19.8 Å². The molecule has 0 atom stereocenters. The van der Waals surface area contributed by atoms with Gasteiger partial charge in [-0.2, -0.15) is 0 Å². The normalized spacial score (nSPS) is 11.4. The zero-order chi connectivity index (χ0) is 10.3. The summed E-state index contributed by atoms with van der Waals surface area (Å²) in [6.45, 7) is 5.06. The summed E-state index contributed by atoms with van der Waals surface area (Å²) in [5, 5.41) is 11.1.